The predicted molar refractivity (Wildman–Crippen MR) is 78.1 cm³/mol. The van der Waals surface area contributed by atoms with Gasteiger partial charge in [-0.3, -0.25) is 4.90 Å². The Morgan fingerprint density at radius 1 is 1.24 bits per heavy atom. The molecule has 1 aliphatic heterocycles. The maximum atomic E-state index is 13.0. The van der Waals surface area contributed by atoms with Gasteiger partial charge in [-0.05, 0) is 52.2 Å². The average molecular weight is 307 g/mol. The minimum Gasteiger partial charge on any atom is -0.329 e. The summed E-state index contributed by atoms with van der Waals surface area (Å²) in [5, 5.41) is 0. The molecule has 124 valence electrons. The smallest absolute Gasteiger partial charge is 0.329 e. The van der Waals surface area contributed by atoms with Gasteiger partial charge in [-0.1, -0.05) is 6.42 Å². The number of hydrogen-bond acceptors (Lipinski definition) is 3. The molecule has 1 heterocycles. The monoisotopic (exact) mass is 307 g/mol. The molecule has 2 atom stereocenters. The molecule has 2 N–H and O–H groups in total. The first-order valence-corrected chi connectivity index (χ1v) is 8.08. The van der Waals surface area contributed by atoms with E-state index in [1.54, 1.807) is 0 Å². The fourth-order valence-electron chi connectivity index (χ4n) is 3.84. The summed E-state index contributed by atoms with van der Waals surface area (Å²) in [4.78, 5) is 4.49. The first kappa shape index (κ1) is 17.0. The first-order chi connectivity index (χ1) is 9.87. The highest BCUT2D eigenvalue weighted by atomic mass is 19.4. The van der Waals surface area contributed by atoms with Crippen molar-refractivity contribution in [2.75, 3.05) is 39.8 Å². The fraction of sp³-hybridized carbons (Fsp3) is 1.00. The Morgan fingerprint density at radius 2 is 1.90 bits per heavy atom. The van der Waals surface area contributed by atoms with Gasteiger partial charge in [-0.2, -0.15) is 13.2 Å². The molecule has 0 aromatic heterocycles. The Balaban J connectivity index is 1.94. The summed E-state index contributed by atoms with van der Waals surface area (Å²) in [5.74, 6) is -1.19. The van der Waals surface area contributed by atoms with Crippen molar-refractivity contribution in [2.45, 2.75) is 50.2 Å². The van der Waals surface area contributed by atoms with Crippen LogP contribution in [-0.2, 0) is 0 Å². The summed E-state index contributed by atoms with van der Waals surface area (Å²) in [7, 11) is 1.95. The molecular formula is C15H28F3N3. The number of alkyl halides is 3. The summed E-state index contributed by atoms with van der Waals surface area (Å²) < 4.78 is 39.1. The van der Waals surface area contributed by atoms with Crippen LogP contribution in [0.5, 0.6) is 0 Å². The molecule has 2 rings (SSSR count). The van der Waals surface area contributed by atoms with Gasteiger partial charge in [-0.25, -0.2) is 0 Å². The van der Waals surface area contributed by atoms with Crippen LogP contribution in [0.4, 0.5) is 13.2 Å². The third-order valence-corrected chi connectivity index (χ3v) is 5.42. The summed E-state index contributed by atoms with van der Waals surface area (Å²) in [5.41, 5.74) is 5.43. The Bertz CT molecular complexity index is 329. The van der Waals surface area contributed by atoms with Gasteiger partial charge in [0.05, 0.1) is 5.92 Å². The van der Waals surface area contributed by atoms with Gasteiger partial charge in [0.25, 0.3) is 0 Å². The van der Waals surface area contributed by atoms with E-state index in [0.717, 1.165) is 32.6 Å². The van der Waals surface area contributed by atoms with E-state index in [0.29, 0.717) is 13.0 Å². The lowest BCUT2D eigenvalue weighted by Gasteiger charge is -2.47. The van der Waals surface area contributed by atoms with Crippen LogP contribution in [0, 0.1) is 5.92 Å². The highest BCUT2D eigenvalue weighted by Crippen LogP contribution is 2.43. The zero-order valence-electron chi connectivity index (χ0n) is 13.0. The molecule has 1 saturated heterocycles. The van der Waals surface area contributed by atoms with E-state index in [1.165, 1.54) is 12.8 Å². The third-order valence-electron chi connectivity index (χ3n) is 5.42. The zero-order chi connectivity index (χ0) is 15.5. The standard InChI is InChI=1S/C15H28F3N3/c1-20(9-10-21-7-2-3-8-21)14(12-19)6-4-5-13(11-14)15(16,17)18/h13H,2-12,19H2,1H3. The van der Waals surface area contributed by atoms with E-state index in [2.05, 4.69) is 9.80 Å². The molecule has 0 aromatic rings. The van der Waals surface area contributed by atoms with E-state index in [1.807, 2.05) is 7.05 Å². The molecule has 6 heteroatoms. The van der Waals surface area contributed by atoms with E-state index in [4.69, 9.17) is 5.73 Å². The number of nitrogens with zero attached hydrogens (tertiary/aromatic N) is 2. The highest BCUT2D eigenvalue weighted by molar-refractivity contribution is 4.97. The number of likely N-dealkylation sites (tertiary alicyclic amines) is 1. The maximum absolute atomic E-state index is 13.0. The third kappa shape index (κ3) is 4.11. The van der Waals surface area contributed by atoms with E-state index >= 15 is 0 Å². The molecule has 0 bridgehead atoms. The van der Waals surface area contributed by atoms with Crippen LogP contribution in [0.2, 0.25) is 0 Å². The van der Waals surface area contributed by atoms with Gasteiger partial charge in [0.15, 0.2) is 0 Å². The number of rotatable bonds is 5. The molecule has 0 radical (unpaired) electrons. The number of halogens is 3. The molecular weight excluding hydrogens is 279 g/mol. The Hall–Kier alpha value is -0.330. The van der Waals surface area contributed by atoms with Gasteiger partial charge in [0.1, 0.15) is 0 Å². The van der Waals surface area contributed by atoms with E-state index < -0.39 is 17.6 Å². The zero-order valence-corrected chi connectivity index (χ0v) is 13.0. The van der Waals surface area contributed by atoms with Gasteiger partial charge in [0, 0.05) is 25.2 Å². The second-order valence-corrected chi connectivity index (χ2v) is 6.73. The summed E-state index contributed by atoms with van der Waals surface area (Å²) in [6.45, 7) is 4.30. The van der Waals surface area contributed by atoms with Crippen molar-refractivity contribution < 1.29 is 13.2 Å². The quantitative estimate of drug-likeness (QED) is 0.847. The molecule has 0 aromatic carbocycles. The van der Waals surface area contributed by atoms with Crippen LogP contribution in [0.15, 0.2) is 0 Å². The van der Waals surface area contributed by atoms with Crippen molar-refractivity contribution >= 4 is 0 Å². The van der Waals surface area contributed by atoms with Crippen molar-refractivity contribution in [2.24, 2.45) is 11.7 Å². The molecule has 21 heavy (non-hydrogen) atoms. The number of nitrogens with two attached hydrogens (primary N) is 1. The van der Waals surface area contributed by atoms with Crippen LogP contribution < -0.4 is 5.73 Å². The fourth-order valence-corrected chi connectivity index (χ4v) is 3.84. The van der Waals surface area contributed by atoms with E-state index in [-0.39, 0.29) is 12.8 Å². The van der Waals surface area contributed by atoms with Crippen molar-refractivity contribution in [1.82, 2.24) is 9.80 Å². The van der Waals surface area contributed by atoms with Crippen molar-refractivity contribution in [3.8, 4) is 0 Å². The predicted octanol–water partition coefficient (Wildman–Crippen LogP) is 2.46. The number of hydrogen-bond donors (Lipinski definition) is 1. The van der Waals surface area contributed by atoms with Crippen LogP contribution in [0.25, 0.3) is 0 Å². The summed E-state index contributed by atoms with van der Waals surface area (Å²) >= 11 is 0. The van der Waals surface area contributed by atoms with Gasteiger partial charge >= 0.3 is 6.18 Å². The Kier molecular flexibility index (Phi) is 5.54. The molecule has 1 saturated carbocycles. The van der Waals surface area contributed by atoms with Crippen LogP contribution >= 0.6 is 0 Å². The second-order valence-electron chi connectivity index (χ2n) is 6.73. The topological polar surface area (TPSA) is 32.5 Å². The van der Waals surface area contributed by atoms with E-state index in [9.17, 15) is 13.2 Å². The average Bonchev–Trinajstić information content (AvgIpc) is 2.97. The first-order valence-electron chi connectivity index (χ1n) is 8.08. The Morgan fingerprint density at radius 3 is 2.48 bits per heavy atom. The normalized spacial score (nSPS) is 32.0. The maximum Gasteiger partial charge on any atom is 0.391 e. The summed E-state index contributed by atoms with van der Waals surface area (Å²) in [6, 6.07) is 0. The van der Waals surface area contributed by atoms with Gasteiger partial charge < -0.3 is 10.6 Å². The lowest BCUT2D eigenvalue weighted by molar-refractivity contribution is -0.193. The molecule has 3 nitrogen and oxygen atoms in total. The minimum atomic E-state index is -4.09. The molecule has 2 aliphatic rings. The summed E-state index contributed by atoms with van der Waals surface area (Å²) in [6.07, 6.45) is 0.206. The molecule has 0 spiro atoms. The SMILES string of the molecule is CN(CCN1CCCC1)C1(CN)CCCC(C(F)(F)F)C1. The lowest BCUT2D eigenvalue weighted by atomic mass is 9.74. The minimum absolute atomic E-state index is 0.156. The molecule has 2 fully saturated rings. The molecule has 1 aliphatic carbocycles. The molecule has 0 amide bonds. The van der Waals surface area contributed by atoms with Crippen LogP contribution in [0.3, 0.4) is 0 Å². The lowest BCUT2D eigenvalue weighted by Crippen LogP contribution is -2.57. The number of likely N-dealkylation sites (N-methyl/N-ethyl adjacent to an activating group) is 1. The largest absolute Gasteiger partial charge is 0.391 e. The van der Waals surface area contributed by atoms with Gasteiger partial charge in [-0.15, -0.1) is 0 Å². The van der Waals surface area contributed by atoms with Crippen molar-refractivity contribution in [3.63, 3.8) is 0 Å². The Labute approximate surface area is 125 Å². The van der Waals surface area contributed by atoms with Crippen LogP contribution in [-0.4, -0.2) is 61.3 Å². The van der Waals surface area contributed by atoms with Crippen LogP contribution in [0.1, 0.15) is 38.5 Å². The van der Waals surface area contributed by atoms with Crippen molar-refractivity contribution in [3.05, 3.63) is 0 Å². The highest BCUT2D eigenvalue weighted by Gasteiger charge is 2.48. The second kappa shape index (κ2) is 6.84. The van der Waals surface area contributed by atoms with Gasteiger partial charge in [0.2, 0.25) is 0 Å². The van der Waals surface area contributed by atoms with Crippen molar-refractivity contribution in [1.29, 1.82) is 0 Å². The molecule has 2 unspecified atom stereocenters.